The molecule has 0 amide bonds. The Labute approximate surface area is 80.0 Å². The lowest BCUT2D eigenvalue weighted by Gasteiger charge is -2.14. The summed E-state index contributed by atoms with van der Waals surface area (Å²) in [5, 5.41) is 9.00. The van der Waals surface area contributed by atoms with E-state index in [9.17, 15) is 0 Å². The van der Waals surface area contributed by atoms with Crippen LogP contribution in [-0.2, 0) is 0 Å². The number of rotatable bonds is 7. The molecule has 4 heteroatoms. The number of aliphatic hydroxyl groups is 1. The van der Waals surface area contributed by atoms with Gasteiger partial charge in [-0.1, -0.05) is 13.3 Å². The van der Waals surface area contributed by atoms with Crippen molar-refractivity contribution in [3.8, 4) is 0 Å². The zero-order valence-electron chi connectivity index (χ0n) is 8.32. The molecule has 0 aromatic rings. The Balaban J connectivity index is 3.30. The highest BCUT2D eigenvalue weighted by Crippen LogP contribution is 2.11. The largest absolute Gasteiger partial charge is 0.379 e. The first-order chi connectivity index (χ1) is 6.07. The maximum atomic E-state index is 9.00. The van der Waals surface area contributed by atoms with Gasteiger partial charge in [0.25, 0.3) is 0 Å². The summed E-state index contributed by atoms with van der Waals surface area (Å²) in [4.78, 5) is 3.69. The minimum Gasteiger partial charge on any atom is -0.379 e. The van der Waals surface area contributed by atoms with Crippen LogP contribution in [0.2, 0.25) is 0 Å². The molecule has 0 rings (SSSR count). The van der Waals surface area contributed by atoms with Crippen molar-refractivity contribution >= 4 is 6.72 Å². The third kappa shape index (κ3) is 6.69. The lowest BCUT2D eigenvalue weighted by atomic mass is 10.0. The van der Waals surface area contributed by atoms with Crippen molar-refractivity contribution in [3.63, 3.8) is 0 Å². The third-order valence-electron chi connectivity index (χ3n) is 2.23. The van der Waals surface area contributed by atoms with E-state index in [0.29, 0.717) is 0 Å². The van der Waals surface area contributed by atoms with E-state index in [0.717, 1.165) is 25.7 Å². The van der Waals surface area contributed by atoms with Crippen LogP contribution in [0.1, 0.15) is 32.6 Å². The predicted octanol–water partition coefficient (Wildman–Crippen LogP) is 0.445. The van der Waals surface area contributed by atoms with Crippen LogP contribution in [0, 0.1) is 5.92 Å². The summed E-state index contributed by atoms with van der Waals surface area (Å²) >= 11 is 0. The fourth-order valence-electron chi connectivity index (χ4n) is 1.08. The standard InChI is InChI=1S/C9H21N3O/c1-7(9(11)13)5-3-4-6-8(10)12-2/h7-9,13H,2-6,10-11H2,1H3. The van der Waals surface area contributed by atoms with Crippen molar-refractivity contribution in [2.24, 2.45) is 22.4 Å². The fraction of sp³-hybridized carbons (Fsp3) is 0.889. The van der Waals surface area contributed by atoms with Gasteiger partial charge in [-0.2, -0.15) is 0 Å². The van der Waals surface area contributed by atoms with Gasteiger partial charge in [0.15, 0.2) is 0 Å². The molecule has 0 fully saturated rings. The summed E-state index contributed by atoms with van der Waals surface area (Å²) in [6.07, 6.45) is 2.98. The van der Waals surface area contributed by atoms with E-state index in [1.165, 1.54) is 0 Å². The van der Waals surface area contributed by atoms with Gasteiger partial charge in [0.2, 0.25) is 0 Å². The van der Waals surface area contributed by atoms with Gasteiger partial charge < -0.3 is 16.6 Å². The van der Waals surface area contributed by atoms with Crippen LogP contribution >= 0.6 is 0 Å². The Bertz CT molecular complexity index is 139. The van der Waals surface area contributed by atoms with E-state index in [1.807, 2.05) is 6.92 Å². The van der Waals surface area contributed by atoms with Crippen LogP contribution < -0.4 is 11.5 Å². The summed E-state index contributed by atoms with van der Waals surface area (Å²) < 4.78 is 0. The summed E-state index contributed by atoms with van der Waals surface area (Å²) in [5.74, 6) is 0.160. The zero-order valence-corrected chi connectivity index (χ0v) is 8.32. The van der Waals surface area contributed by atoms with Crippen LogP contribution in [0.3, 0.4) is 0 Å². The first-order valence-corrected chi connectivity index (χ1v) is 4.73. The smallest absolute Gasteiger partial charge is 0.104 e. The molecular weight excluding hydrogens is 166 g/mol. The highest BCUT2D eigenvalue weighted by Gasteiger charge is 2.08. The quantitative estimate of drug-likeness (QED) is 0.307. The average Bonchev–Trinajstić information content (AvgIpc) is 2.11. The van der Waals surface area contributed by atoms with Gasteiger partial charge in [-0.3, -0.25) is 4.99 Å². The Morgan fingerprint density at radius 1 is 1.31 bits per heavy atom. The van der Waals surface area contributed by atoms with Gasteiger partial charge in [0.1, 0.15) is 6.23 Å². The highest BCUT2D eigenvalue weighted by molar-refractivity contribution is 5.23. The molecule has 0 bridgehead atoms. The van der Waals surface area contributed by atoms with E-state index in [1.54, 1.807) is 0 Å². The van der Waals surface area contributed by atoms with E-state index >= 15 is 0 Å². The van der Waals surface area contributed by atoms with Gasteiger partial charge in [-0.15, -0.1) is 0 Å². The van der Waals surface area contributed by atoms with E-state index in [4.69, 9.17) is 16.6 Å². The molecule has 0 aromatic carbocycles. The molecule has 0 spiro atoms. The molecule has 0 saturated heterocycles. The van der Waals surface area contributed by atoms with Gasteiger partial charge >= 0.3 is 0 Å². The lowest BCUT2D eigenvalue weighted by Crippen LogP contribution is -2.27. The van der Waals surface area contributed by atoms with Crippen LogP contribution in [0.15, 0.2) is 4.99 Å². The van der Waals surface area contributed by atoms with Crippen molar-refractivity contribution < 1.29 is 5.11 Å². The van der Waals surface area contributed by atoms with Gasteiger partial charge in [-0.05, 0) is 31.9 Å². The van der Waals surface area contributed by atoms with E-state index in [-0.39, 0.29) is 12.1 Å². The van der Waals surface area contributed by atoms with Crippen LogP contribution in [0.25, 0.3) is 0 Å². The molecule has 13 heavy (non-hydrogen) atoms. The summed E-state index contributed by atoms with van der Waals surface area (Å²) in [5.41, 5.74) is 10.9. The molecule has 3 atom stereocenters. The molecule has 5 N–H and O–H groups in total. The summed E-state index contributed by atoms with van der Waals surface area (Å²) in [6.45, 7) is 5.31. The number of nitrogens with two attached hydrogens (primary N) is 2. The highest BCUT2D eigenvalue weighted by atomic mass is 16.3. The van der Waals surface area contributed by atoms with Crippen molar-refractivity contribution in [1.82, 2.24) is 0 Å². The molecule has 3 unspecified atom stereocenters. The topological polar surface area (TPSA) is 84.6 Å². The number of hydrogen-bond acceptors (Lipinski definition) is 4. The van der Waals surface area contributed by atoms with E-state index in [2.05, 4.69) is 11.7 Å². The minimum absolute atomic E-state index is 0.141. The molecule has 0 aliphatic heterocycles. The monoisotopic (exact) mass is 187 g/mol. The number of unbranched alkanes of at least 4 members (excludes halogenated alkanes) is 1. The minimum atomic E-state index is -0.703. The summed E-state index contributed by atoms with van der Waals surface area (Å²) in [7, 11) is 0. The third-order valence-corrected chi connectivity index (χ3v) is 2.23. The zero-order chi connectivity index (χ0) is 10.3. The van der Waals surface area contributed by atoms with Crippen molar-refractivity contribution in [2.45, 2.75) is 45.0 Å². The first-order valence-electron chi connectivity index (χ1n) is 4.73. The molecule has 4 nitrogen and oxygen atoms in total. The van der Waals surface area contributed by atoms with Gasteiger partial charge in [-0.25, -0.2) is 0 Å². The SMILES string of the molecule is C=NC(N)CCCCC(C)C(N)O. The number of aliphatic imine (C=N–C) groups is 1. The van der Waals surface area contributed by atoms with E-state index < -0.39 is 6.23 Å². The molecule has 0 aliphatic carbocycles. The average molecular weight is 187 g/mol. The van der Waals surface area contributed by atoms with Crippen LogP contribution in [0.5, 0.6) is 0 Å². The number of aliphatic hydroxyl groups excluding tert-OH is 1. The van der Waals surface area contributed by atoms with Crippen molar-refractivity contribution in [2.75, 3.05) is 0 Å². The Kier molecular flexibility index (Phi) is 6.76. The Hall–Kier alpha value is -0.450. The molecule has 0 aliphatic rings. The lowest BCUT2D eigenvalue weighted by molar-refractivity contribution is 0.117. The fourth-order valence-corrected chi connectivity index (χ4v) is 1.08. The first kappa shape index (κ1) is 12.6. The summed E-state index contributed by atoms with van der Waals surface area (Å²) in [6, 6.07) is 0. The molecular formula is C9H21N3O. The normalized spacial score (nSPS) is 17.8. The Morgan fingerprint density at radius 3 is 2.31 bits per heavy atom. The molecule has 0 radical (unpaired) electrons. The second-order valence-electron chi connectivity index (χ2n) is 3.50. The van der Waals surface area contributed by atoms with Crippen LogP contribution in [0.4, 0.5) is 0 Å². The van der Waals surface area contributed by atoms with Gasteiger partial charge in [0, 0.05) is 0 Å². The maximum Gasteiger partial charge on any atom is 0.104 e. The van der Waals surface area contributed by atoms with Crippen molar-refractivity contribution in [3.05, 3.63) is 0 Å². The molecule has 0 saturated carbocycles. The maximum absolute atomic E-state index is 9.00. The molecule has 78 valence electrons. The van der Waals surface area contributed by atoms with Crippen molar-refractivity contribution in [1.29, 1.82) is 0 Å². The van der Waals surface area contributed by atoms with Crippen LogP contribution in [-0.4, -0.2) is 24.2 Å². The molecule has 0 heterocycles. The second kappa shape index (κ2) is 7.00. The second-order valence-corrected chi connectivity index (χ2v) is 3.50. The predicted molar refractivity (Wildman–Crippen MR) is 55.4 cm³/mol. The molecule has 0 aromatic heterocycles. The Morgan fingerprint density at radius 2 is 1.85 bits per heavy atom. The number of nitrogens with zero attached hydrogens (tertiary/aromatic N) is 1. The number of hydrogen-bond donors (Lipinski definition) is 3. The van der Waals surface area contributed by atoms with Gasteiger partial charge in [0.05, 0.1) is 6.17 Å².